The molecule has 0 N–H and O–H groups in total. The van der Waals surface area contributed by atoms with Crippen molar-refractivity contribution in [2.75, 3.05) is 4.90 Å². The number of nitrogens with zero attached hydrogens (tertiary/aromatic N) is 1. The first-order chi connectivity index (χ1) is 9.99. The standard InChI is InChI=1S/C16H13BrClNO2/c1-7-4-10(17)12(6-11(7)18)19-15(20)13-8-2-3-9(5-8)14(13)16(19)21/h2-4,6,8-9,13-14H,5H2,1H3. The molecule has 4 rings (SSSR count). The van der Waals surface area contributed by atoms with Gasteiger partial charge in [-0.3, -0.25) is 9.59 Å². The van der Waals surface area contributed by atoms with Crippen LogP contribution in [0.2, 0.25) is 5.02 Å². The molecule has 2 fully saturated rings. The summed E-state index contributed by atoms with van der Waals surface area (Å²) in [6.07, 6.45) is 5.13. The van der Waals surface area contributed by atoms with Crippen LogP contribution in [0.5, 0.6) is 0 Å². The highest BCUT2D eigenvalue weighted by Gasteiger charge is 2.59. The van der Waals surface area contributed by atoms with Crippen molar-refractivity contribution >= 4 is 45.0 Å². The first-order valence-electron chi connectivity index (χ1n) is 7.01. The molecule has 1 aliphatic heterocycles. The summed E-state index contributed by atoms with van der Waals surface area (Å²) in [5, 5.41) is 0.562. The minimum Gasteiger partial charge on any atom is -0.274 e. The first kappa shape index (κ1) is 13.5. The van der Waals surface area contributed by atoms with Gasteiger partial charge in [-0.2, -0.15) is 0 Å². The van der Waals surface area contributed by atoms with Crippen LogP contribution >= 0.6 is 27.5 Å². The van der Waals surface area contributed by atoms with Crippen molar-refractivity contribution in [3.05, 3.63) is 39.3 Å². The summed E-state index contributed by atoms with van der Waals surface area (Å²) in [4.78, 5) is 26.8. The molecule has 3 nitrogen and oxygen atoms in total. The number of allylic oxidation sites excluding steroid dienone is 2. The number of carbonyl (C=O) groups is 2. The zero-order valence-corrected chi connectivity index (χ0v) is 13.7. The maximum absolute atomic E-state index is 12.7. The van der Waals surface area contributed by atoms with Gasteiger partial charge < -0.3 is 0 Å². The molecule has 2 aliphatic carbocycles. The van der Waals surface area contributed by atoms with E-state index in [4.69, 9.17) is 11.6 Å². The van der Waals surface area contributed by atoms with E-state index in [0.29, 0.717) is 10.7 Å². The normalized spacial score (nSPS) is 33.2. The molecule has 2 bridgehead atoms. The fourth-order valence-corrected chi connectivity index (χ4v) is 4.74. The molecule has 1 aromatic rings. The second kappa shape index (κ2) is 4.43. The molecule has 2 amide bonds. The number of imide groups is 1. The second-order valence-electron chi connectivity index (χ2n) is 6.06. The molecule has 1 saturated heterocycles. The highest BCUT2D eigenvalue weighted by atomic mass is 79.9. The van der Waals surface area contributed by atoms with E-state index >= 15 is 0 Å². The molecule has 0 aromatic heterocycles. The third-order valence-electron chi connectivity index (χ3n) is 4.94. The SMILES string of the molecule is Cc1cc(Br)c(N2C(=O)C3C4C=CC(C4)C3C2=O)cc1Cl. The van der Waals surface area contributed by atoms with Gasteiger partial charge in [-0.1, -0.05) is 23.8 Å². The smallest absolute Gasteiger partial charge is 0.238 e. The van der Waals surface area contributed by atoms with Gasteiger partial charge in [-0.25, -0.2) is 4.90 Å². The van der Waals surface area contributed by atoms with E-state index in [1.165, 1.54) is 4.90 Å². The van der Waals surface area contributed by atoms with Gasteiger partial charge >= 0.3 is 0 Å². The Morgan fingerprint density at radius 1 is 1.14 bits per heavy atom. The molecule has 4 atom stereocenters. The average Bonchev–Trinajstić information content (AvgIpc) is 3.09. The van der Waals surface area contributed by atoms with Crippen LogP contribution in [0.15, 0.2) is 28.8 Å². The fourth-order valence-electron chi connectivity index (χ4n) is 3.95. The van der Waals surface area contributed by atoms with Crippen LogP contribution < -0.4 is 4.90 Å². The zero-order valence-electron chi connectivity index (χ0n) is 11.3. The van der Waals surface area contributed by atoms with E-state index in [1.807, 2.05) is 13.0 Å². The molecule has 108 valence electrons. The molecule has 3 aliphatic rings. The molecular weight excluding hydrogens is 354 g/mol. The zero-order chi connectivity index (χ0) is 14.9. The number of carbonyl (C=O) groups excluding carboxylic acids is 2. The molecule has 1 heterocycles. The largest absolute Gasteiger partial charge is 0.274 e. The van der Waals surface area contributed by atoms with Gasteiger partial charge in [0.15, 0.2) is 0 Å². The highest BCUT2D eigenvalue weighted by Crippen LogP contribution is 2.53. The van der Waals surface area contributed by atoms with E-state index < -0.39 is 0 Å². The first-order valence-corrected chi connectivity index (χ1v) is 8.18. The quantitative estimate of drug-likeness (QED) is 0.561. The van der Waals surface area contributed by atoms with Gasteiger partial charge in [-0.15, -0.1) is 0 Å². The summed E-state index contributed by atoms with van der Waals surface area (Å²) in [7, 11) is 0. The maximum atomic E-state index is 12.7. The number of hydrogen-bond acceptors (Lipinski definition) is 2. The number of rotatable bonds is 1. The van der Waals surface area contributed by atoms with Crippen LogP contribution in [0.1, 0.15) is 12.0 Å². The summed E-state index contributed by atoms with van der Waals surface area (Å²) in [6, 6.07) is 3.55. The maximum Gasteiger partial charge on any atom is 0.238 e. The second-order valence-corrected chi connectivity index (χ2v) is 7.33. The molecule has 1 saturated carbocycles. The van der Waals surface area contributed by atoms with Crippen molar-refractivity contribution in [1.82, 2.24) is 0 Å². The summed E-state index contributed by atoms with van der Waals surface area (Å²) >= 11 is 9.62. The predicted octanol–water partition coefficient (Wildman–Crippen LogP) is 3.72. The lowest BCUT2D eigenvalue weighted by molar-refractivity contribution is -0.123. The highest BCUT2D eigenvalue weighted by molar-refractivity contribution is 9.10. The van der Waals surface area contributed by atoms with E-state index in [2.05, 4.69) is 28.1 Å². The Morgan fingerprint density at radius 3 is 2.29 bits per heavy atom. The fraction of sp³-hybridized carbons (Fsp3) is 0.375. The van der Waals surface area contributed by atoms with Crippen molar-refractivity contribution in [2.45, 2.75) is 13.3 Å². The third kappa shape index (κ3) is 1.72. The van der Waals surface area contributed by atoms with Crippen LogP contribution in [0.25, 0.3) is 0 Å². The number of aryl methyl sites for hydroxylation is 1. The predicted molar refractivity (Wildman–Crippen MR) is 84.1 cm³/mol. The van der Waals surface area contributed by atoms with E-state index in [0.717, 1.165) is 16.5 Å². The van der Waals surface area contributed by atoms with Crippen LogP contribution in [0.3, 0.4) is 0 Å². The topological polar surface area (TPSA) is 37.4 Å². The van der Waals surface area contributed by atoms with Crippen molar-refractivity contribution in [2.24, 2.45) is 23.7 Å². The van der Waals surface area contributed by atoms with Gasteiger partial charge in [0.2, 0.25) is 11.8 Å². The number of amides is 2. The van der Waals surface area contributed by atoms with Crippen LogP contribution in [-0.2, 0) is 9.59 Å². The van der Waals surface area contributed by atoms with Crippen LogP contribution in [-0.4, -0.2) is 11.8 Å². The van der Waals surface area contributed by atoms with E-state index in [1.54, 1.807) is 6.07 Å². The Labute approximate surface area is 136 Å². The molecule has 0 spiro atoms. The monoisotopic (exact) mass is 365 g/mol. The molecular formula is C16H13BrClNO2. The number of halogens is 2. The molecule has 21 heavy (non-hydrogen) atoms. The Balaban J connectivity index is 1.80. The van der Waals surface area contributed by atoms with Crippen molar-refractivity contribution < 1.29 is 9.59 Å². The molecule has 1 aromatic carbocycles. The number of hydrogen-bond donors (Lipinski definition) is 0. The minimum absolute atomic E-state index is 0.0810. The lowest BCUT2D eigenvalue weighted by Gasteiger charge is -2.19. The van der Waals surface area contributed by atoms with Crippen LogP contribution in [0.4, 0.5) is 5.69 Å². The number of anilines is 1. The van der Waals surface area contributed by atoms with Crippen molar-refractivity contribution in [3.63, 3.8) is 0 Å². The summed E-state index contributed by atoms with van der Waals surface area (Å²) < 4.78 is 0.728. The van der Waals surface area contributed by atoms with Crippen LogP contribution in [0, 0.1) is 30.6 Å². The Morgan fingerprint density at radius 2 is 1.71 bits per heavy atom. The van der Waals surface area contributed by atoms with Gasteiger partial charge in [0.25, 0.3) is 0 Å². The van der Waals surface area contributed by atoms with E-state index in [9.17, 15) is 9.59 Å². The molecule has 0 radical (unpaired) electrons. The van der Waals surface area contributed by atoms with Crippen molar-refractivity contribution in [3.8, 4) is 0 Å². The molecule has 5 heteroatoms. The summed E-state index contributed by atoms with van der Waals surface area (Å²) in [5.41, 5.74) is 1.47. The Hall–Kier alpha value is -1.13. The van der Waals surface area contributed by atoms with Gasteiger partial charge in [0.05, 0.1) is 17.5 Å². The minimum atomic E-state index is -0.181. The van der Waals surface area contributed by atoms with E-state index in [-0.39, 0.29) is 35.5 Å². The Bertz CT molecular complexity index is 684. The third-order valence-corrected chi connectivity index (χ3v) is 5.98. The summed E-state index contributed by atoms with van der Waals surface area (Å²) in [5.74, 6) is -0.0776. The summed E-state index contributed by atoms with van der Waals surface area (Å²) in [6.45, 7) is 1.89. The average molecular weight is 367 g/mol. The van der Waals surface area contributed by atoms with Gasteiger partial charge in [0.1, 0.15) is 0 Å². The van der Waals surface area contributed by atoms with Gasteiger partial charge in [-0.05, 0) is 58.8 Å². The number of benzene rings is 1. The Kier molecular flexibility index (Phi) is 2.86. The van der Waals surface area contributed by atoms with Crippen molar-refractivity contribution in [1.29, 1.82) is 0 Å². The lowest BCUT2D eigenvalue weighted by atomic mass is 9.85. The van der Waals surface area contributed by atoms with Gasteiger partial charge in [0, 0.05) is 9.50 Å². The number of fused-ring (bicyclic) bond motifs is 5. The molecule has 4 unspecified atom stereocenters. The lowest BCUT2D eigenvalue weighted by Crippen LogP contribution is -2.33.